The van der Waals surface area contributed by atoms with Gasteiger partial charge >= 0.3 is 5.97 Å². The number of aromatic nitrogens is 2. The van der Waals surface area contributed by atoms with Gasteiger partial charge < -0.3 is 10.8 Å². The maximum atomic E-state index is 10.8. The largest absolute Gasteiger partial charge is 0.480 e. The predicted octanol–water partition coefficient (Wildman–Crippen LogP) is 0.900. The minimum atomic E-state index is -0.989. The Hall–Kier alpha value is -1.14. The van der Waals surface area contributed by atoms with Gasteiger partial charge in [-0.25, -0.2) is 0 Å². The molecule has 0 bridgehead atoms. The second-order valence-electron chi connectivity index (χ2n) is 3.90. The molecule has 0 aliphatic rings. The van der Waals surface area contributed by atoms with Crippen molar-refractivity contribution in [3.8, 4) is 0 Å². The SMILES string of the molecule is CC(C)(SCc1cnccn1)[C@H](N)C(=O)O. The summed E-state index contributed by atoms with van der Waals surface area (Å²) in [6, 6.07) is -0.894. The number of carboxylic acid groups (broad SMARTS) is 1. The fourth-order valence-corrected chi connectivity index (χ4v) is 2.00. The van der Waals surface area contributed by atoms with Crippen LogP contribution in [0.4, 0.5) is 0 Å². The molecule has 0 spiro atoms. The van der Waals surface area contributed by atoms with Gasteiger partial charge in [-0.3, -0.25) is 14.8 Å². The third-order valence-electron chi connectivity index (χ3n) is 2.22. The van der Waals surface area contributed by atoms with Crippen LogP contribution in [-0.2, 0) is 10.5 Å². The monoisotopic (exact) mass is 241 g/mol. The van der Waals surface area contributed by atoms with Crippen LogP contribution in [0.2, 0.25) is 0 Å². The summed E-state index contributed by atoms with van der Waals surface area (Å²) in [7, 11) is 0. The molecule has 0 amide bonds. The Balaban J connectivity index is 2.57. The molecule has 88 valence electrons. The Labute approximate surface area is 98.5 Å². The number of carbonyl (C=O) groups is 1. The highest BCUT2D eigenvalue weighted by Crippen LogP contribution is 2.29. The van der Waals surface area contributed by atoms with Crippen molar-refractivity contribution in [2.24, 2.45) is 5.73 Å². The fourth-order valence-electron chi connectivity index (χ4n) is 1.05. The molecular weight excluding hydrogens is 226 g/mol. The molecule has 0 aromatic carbocycles. The molecule has 0 aliphatic heterocycles. The second kappa shape index (κ2) is 5.27. The van der Waals surface area contributed by atoms with E-state index in [9.17, 15) is 4.79 Å². The van der Waals surface area contributed by atoms with Gasteiger partial charge in [-0.2, -0.15) is 0 Å². The summed E-state index contributed by atoms with van der Waals surface area (Å²) < 4.78 is -0.538. The summed E-state index contributed by atoms with van der Waals surface area (Å²) in [4.78, 5) is 18.8. The quantitative estimate of drug-likeness (QED) is 0.796. The number of hydrogen-bond acceptors (Lipinski definition) is 5. The lowest BCUT2D eigenvalue weighted by molar-refractivity contribution is -0.139. The van der Waals surface area contributed by atoms with Crippen molar-refractivity contribution in [3.63, 3.8) is 0 Å². The zero-order valence-corrected chi connectivity index (χ0v) is 10.1. The van der Waals surface area contributed by atoms with E-state index in [4.69, 9.17) is 10.8 Å². The predicted molar refractivity (Wildman–Crippen MR) is 63.0 cm³/mol. The molecule has 0 saturated carbocycles. The summed E-state index contributed by atoms with van der Waals surface area (Å²) in [5.74, 6) is -0.390. The van der Waals surface area contributed by atoms with Crippen LogP contribution < -0.4 is 5.73 Å². The van der Waals surface area contributed by atoms with Crippen LogP contribution in [0.25, 0.3) is 0 Å². The number of hydrogen-bond donors (Lipinski definition) is 2. The minimum Gasteiger partial charge on any atom is -0.480 e. The van der Waals surface area contributed by atoms with Gasteiger partial charge in [-0.15, -0.1) is 11.8 Å². The van der Waals surface area contributed by atoms with Crippen LogP contribution in [0.1, 0.15) is 19.5 Å². The first kappa shape index (κ1) is 12.9. The molecule has 0 fully saturated rings. The molecular formula is C10H15N3O2S. The maximum Gasteiger partial charge on any atom is 0.321 e. The highest BCUT2D eigenvalue weighted by molar-refractivity contribution is 7.99. The van der Waals surface area contributed by atoms with Crippen LogP contribution in [0.15, 0.2) is 18.6 Å². The van der Waals surface area contributed by atoms with Crippen molar-refractivity contribution in [2.45, 2.75) is 30.4 Å². The van der Waals surface area contributed by atoms with Crippen molar-refractivity contribution in [1.29, 1.82) is 0 Å². The van der Waals surface area contributed by atoms with Gasteiger partial charge in [-0.1, -0.05) is 0 Å². The Bertz CT molecular complexity index is 356. The van der Waals surface area contributed by atoms with Crippen LogP contribution in [0.5, 0.6) is 0 Å². The molecule has 0 radical (unpaired) electrons. The number of carboxylic acids is 1. The molecule has 1 atom stereocenters. The van der Waals surface area contributed by atoms with E-state index in [2.05, 4.69) is 9.97 Å². The Morgan fingerprint density at radius 3 is 2.81 bits per heavy atom. The zero-order chi connectivity index (χ0) is 12.2. The number of aliphatic carboxylic acids is 1. The Morgan fingerprint density at radius 1 is 1.62 bits per heavy atom. The fraction of sp³-hybridized carbons (Fsp3) is 0.500. The van der Waals surface area contributed by atoms with E-state index >= 15 is 0 Å². The lowest BCUT2D eigenvalue weighted by atomic mass is 10.1. The van der Waals surface area contributed by atoms with E-state index in [1.807, 2.05) is 13.8 Å². The minimum absolute atomic E-state index is 0.538. The average molecular weight is 241 g/mol. The number of thioether (sulfide) groups is 1. The standard InChI is InChI=1S/C10H15N3O2S/c1-10(2,8(11)9(14)15)16-6-7-5-12-3-4-13-7/h3-5,8H,6,11H2,1-2H3,(H,14,15)/t8-/m1/s1. The molecule has 6 heteroatoms. The first-order valence-corrected chi connectivity index (χ1v) is 5.79. The highest BCUT2D eigenvalue weighted by Gasteiger charge is 2.32. The van der Waals surface area contributed by atoms with Crippen LogP contribution in [0.3, 0.4) is 0 Å². The Kier molecular flexibility index (Phi) is 4.26. The van der Waals surface area contributed by atoms with E-state index < -0.39 is 16.8 Å². The molecule has 0 aliphatic carbocycles. The number of nitrogens with zero attached hydrogens (tertiary/aromatic N) is 2. The van der Waals surface area contributed by atoms with Crippen molar-refractivity contribution in [2.75, 3.05) is 0 Å². The zero-order valence-electron chi connectivity index (χ0n) is 9.25. The summed E-state index contributed by atoms with van der Waals surface area (Å²) >= 11 is 1.46. The van der Waals surface area contributed by atoms with E-state index in [0.29, 0.717) is 5.75 Å². The van der Waals surface area contributed by atoms with Crippen molar-refractivity contribution >= 4 is 17.7 Å². The van der Waals surface area contributed by atoms with Crippen molar-refractivity contribution in [1.82, 2.24) is 9.97 Å². The third kappa shape index (κ3) is 3.46. The van der Waals surface area contributed by atoms with Gasteiger partial charge in [0.05, 0.1) is 5.69 Å². The molecule has 5 nitrogen and oxygen atoms in total. The molecule has 0 unspecified atom stereocenters. The van der Waals surface area contributed by atoms with Gasteiger partial charge in [-0.05, 0) is 13.8 Å². The lowest BCUT2D eigenvalue weighted by Crippen LogP contribution is -2.46. The van der Waals surface area contributed by atoms with E-state index in [1.54, 1.807) is 18.6 Å². The molecule has 1 rings (SSSR count). The third-order valence-corrected chi connectivity index (χ3v) is 3.66. The van der Waals surface area contributed by atoms with E-state index in [1.165, 1.54) is 11.8 Å². The summed E-state index contributed by atoms with van der Waals surface area (Å²) in [6.45, 7) is 3.62. The van der Waals surface area contributed by atoms with Gasteiger partial charge in [0, 0.05) is 29.1 Å². The van der Waals surface area contributed by atoms with Crippen LogP contribution in [0, 0.1) is 0 Å². The van der Waals surface area contributed by atoms with Gasteiger partial charge in [0.1, 0.15) is 6.04 Å². The van der Waals surface area contributed by atoms with E-state index in [-0.39, 0.29) is 0 Å². The Morgan fingerprint density at radius 2 is 2.31 bits per heavy atom. The molecule has 1 aromatic rings. The first-order chi connectivity index (χ1) is 7.43. The smallest absolute Gasteiger partial charge is 0.321 e. The van der Waals surface area contributed by atoms with E-state index in [0.717, 1.165) is 5.69 Å². The molecule has 16 heavy (non-hydrogen) atoms. The summed E-state index contributed by atoms with van der Waals surface area (Å²) in [5.41, 5.74) is 6.42. The van der Waals surface area contributed by atoms with Crippen LogP contribution >= 0.6 is 11.8 Å². The van der Waals surface area contributed by atoms with Crippen molar-refractivity contribution in [3.05, 3.63) is 24.3 Å². The van der Waals surface area contributed by atoms with Crippen molar-refractivity contribution < 1.29 is 9.90 Å². The molecule has 3 N–H and O–H groups in total. The summed E-state index contributed by atoms with van der Waals surface area (Å²) in [5, 5.41) is 8.85. The lowest BCUT2D eigenvalue weighted by Gasteiger charge is -2.27. The first-order valence-electron chi connectivity index (χ1n) is 4.80. The van der Waals surface area contributed by atoms with Gasteiger partial charge in [0.2, 0.25) is 0 Å². The summed E-state index contributed by atoms with van der Waals surface area (Å²) in [6.07, 6.45) is 4.87. The number of nitrogens with two attached hydrogens (primary N) is 1. The topological polar surface area (TPSA) is 89.1 Å². The normalized spacial score (nSPS) is 13.4. The van der Waals surface area contributed by atoms with Crippen LogP contribution in [-0.4, -0.2) is 31.8 Å². The molecule has 0 saturated heterocycles. The molecule has 1 aromatic heterocycles. The average Bonchev–Trinajstić information content (AvgIpc) is 2.27. The molecule has 1 heterocycles. The maximum absolute atomic E-state index is 10.8. The highest BCUT2D eigenvalue weighted by atomic mass is 32.2. The van der Waals surface area contributed by atoms with Gasteiger partial charge in [0.15, 0.2) is 0 Å². The number of rotatable bonds is 5. The second-order valence-corrected chi connectivity index (χ2v) is 5.53. The van der Waals surface area contributed by atoms with Gasteiger partial charge in [0.25, 0.3) is 0 Å².